The summed E-state index contributed by atoms with van der Waals surface area (Å²) < 4.78 is 6.19. The Hall–Kier alpha value is -2.96. The van der Waals surface area contributed by atoms with E-state index in [4.69, 9.17) is 20.6 Å². The van der Waals surface area contributed by atoms with E-state index in [1.165, 1.54) is 5.56 Å². The molecule has 2 aliphatic rings. The van der Waals surface area contributed by atoms with Gasteiger partial charge in [0, 0.05) is 18.4 Å². The highest BCUT2D eigenvalue weighted by Gasteiger charge is 2.35. The Bertz CT molecular complexity index is 1010. The summed E-state index contributed by atoms with van der Waals surface area (Å²) in [4.78, 5) is 24.5. The van der Waals surface area contributed by atoms with E-state index < -0.39 is 11.6 Å². The van der Waals surface area contributed by atoms with Gasteiger partial charge in [-0.05, 0) is 56.9 Å². The average Bonchev–Trinajstić information content (AvgIpc) is 2.73. The van der Waals surface area contributed by atoms with Crippen LogP contribution in [0.3, 0.4) is 0 Å². The molecule has 31 heavy (non-hydrogen) atoms. The first-order chi connectivity index (χ1) is 14.8. The zero-order valence-electron chi connectivity index (χ0n) is 18.4. The second kappa shape index (κ2) is 8.29. The van der Waals surface area contributed by atoms with E-state index in [1.54, 1.807) is 0 Å². The fraction of sp³-hybridized carbons (Fsp3) is 0.500. The fourth-order valence-electron chi connectivity index (χ4n) is 4.64. The lowest BCUT2D eigenvalue weighted by atomic mass is 9.77. The second-order valence-electron chi connectivity index (χ2n) is 9.04. The molecular formula is C24H30N4O3. The number of aromatic nitrogens is 2. The Morgan fingerprint density at radius 1 is 1.16 bits per heavy atom. The highest BCUT2D eigenvalue weighted by molar-refractivity contribution is 6.09. The Balaban J connectivity index is 1.55. The van der Waals surface area contributed by atoms with Gasteiger partial charge in [0.15, 0.2) is 11.5 Å². The van der Waals surface area contributed by atoms with Crippen LogP contribution < -0.4 is 10.5 Å². The van der Waals surface area contributed by atoms with Crippen molar-refractivity contribution in [3.63, 3.8) is 0 Å². The number of aliphatic imine (C=N–C) groups is 1. The number of fused-ring (bicyclic) bond motifs is 1. The quantitative estimate of drug-likeness (QED) is 0.725. The standard InChI is InChI=1S/C24H30N4O3/c1-4-18-26-22(25)20-23(27-18)31-24(2,3)21(28-20)17-11-9-16(10-12-17)15-7-5-14(6-8-15)13-19(29)30/h9-12,14-15H,4-8,13H2,1-3H3,(H,29,30)(H2,25,26,27). The molecule has 164 valence electrons. The van der Waals surface area contributed by atoms with Crippen molar-refractivity contribution in [1.29, 1.82) is 0 Å². The lowest BCUT2D eigenvalue weighted by Crippen LogP contribution is -2.41. The fourth-order valence-corrected chi connectivity index (χ4v) is 4.64. The van der Waals surface area contributed by atoms with E-state index in [2.05, 4.69) is 34.2 Å². The van der Waals surface area contributed by atoms with Gasteiger partial charge in [0.25, 0.3) is 0 Å². The van der Waals surface area contributed by atoms with Crippen LogP contribution in [0.2, 0.25) is 0 Å². The molecule has 0 bridgehead atoms. The maximum atomic E-state index is 11.0. The number of nitrogens with zero attached hydrogens (tertiary/aromatic N) is 3. The molecule has 1 aromatic carbocycles. The van der Waals surface area contributed by atoms with E-state index in [0.717, 1.165) is 37.0 Å². The highest BCUT2D eigenvalue weighted by Crippen LogP contribution is 2.40. The number of aryl methyl sites for hydroxylation is 1. The van der Waals surface area contributed by atoms with Crippen molar-refractivity contribution >= 4 is 23.2 Å². The summed E-state index contributed by atoms with van der Waals surface area (Å²) in [6.45, 7) is 5.94. The number of nitrogen functional groups attached to an aromatic ring is 1. The van der Waals surface area contributed by atoms with Crippen molar-refractivity contribution in [2.24, 2.45) is 10.9 Å². The van der Waals surface area contributed by atoms with Crippen molar-refractivity contribution in [2.45, 2.75) is 70.8 Å². The number of hydrogen-bond donors (Lipinski definition) is 2. The molecule has 1 aliphatic carbocycles. The van der Waals surface area contributed by atoms with Gasteiger partial charge in [-0.2, -0.15) is 4.98 Å². The Labute approximate surface area is 182 Å². The van der Waals surface area contributed by atoms with Crippen LogP contribution in [-0.2, 0) is 11.2 Å². The van der Waals surface area contributed by atoms with Gasteiger partial charge < -0.3 is 15.6 Å². The SMILES string of the molecule is CCc1nc(N)c2c(n1)OC(C)(C)C(c1ccc(C3CCC(CC(=O)O)CC3)cc1)=N2. The maximum Gasteiger partial charge on any atom is 0.303 e. The molecule has 3 N–H and O–H groups in total. The summed E-state index contributed by atoms with van der Waals surface area (Å²) in [6.07, 6.45) is 4.98. The van der Waals surface area contributed by atoms with Crippen molar-refractivity contribution in [3.05, 3.63) is 41.2 Å². The summed E-state index contributed by atoms with van der Waals surface area (Å²) in [5.41, 5.74) is 9.07. The molecule has 0 amide bonds. The number of anilines is 1. The molecule has 7 nitrogen and oxygen atoms in total. The van der Waals surface area contributed by atoms with E-state index in [1.807, 2.05) is 20.8 Å². The zero-order valence-corrected chi connectivity index (χ0v) is 18.4. The van der Waals surface area contributed by atoms with Gasteiger partial charge in [-0.25, -0.2) is 9.98 Å². The third-order valence-corrected chi connectivity index (χ3v) is 6.35. The van der Waals surface area contributed by atoms with Crippen LogP contribution in [0.25, 0.3) is 0 Å². The number of rotatable bonds is 5. The molecule has 0 spiro atoms. The van der Waals surface area contributed by atoms with Crippen molar-refractivity contribution in [3.8, 4) is 5.88 Å². The molecule has 1 aromatic heterocycles. The number of nitrogens with two attached hydrogens (primary N) is 1. The van der Waals surface area contributed by atoms with E-state index in [0.29, 0.717) is 41.5 Å². The lowest BCUT2D eigenvalue weighted by Gasteiger charge is -2.32. The number of carbonyl (C=O) groups is 1. The van der Waals surface area contributed by atoms with Gasteiger partial charge in [0.05, 0.1) is 5.71 Å². The minimum atomic E-state index is -0.690. The van der Waals surface area contributed by atoms with Gasteiger partial charge in [0.2, 0.25) is 5.88 Å². The van der Waals surface area contributed by atoms with Crippen LogP contribution in [0.1, 0.15) is 75.7 Å². The van der Waals surface area contributed by atoms with E-state index in [-0.39, 0.29) is 6.42 Å². The molecule has 0 radical (unpaired) electrons. The largest absolute Gasteiger partial charge is 0.481 e. The number of hydrogen-bond acceptors (Lipinski definition) is 6. The van der Waals surface area contributed by atoms with Crippen molar-refractivity contribution < 1.29 is 14.6 Å². The predicted octanol–water partition coefficient (Wildman–Crippen LogP) is 4.66. The number of carboxylic acids is 1. The molecule has 0 saturated heterocycles. The minimum Gasteiger partial charge on any atom is -0.481 e. The Morgan fingerprint density at radius 3 is 2.45 bits per heavy atom. The minimum absolute atomic E-state index is 0.286. The summed E-state index contributed by atoms with van der Waals surface area (Å²) in [5.74, 6) is 1.52. The third-order valence-electron chi connectivity index (χ3n) is 6.35. The molecule has 7 heteroatoms. The molecule has 2 heterocycles. The van der Waals surface area contributed by atoms with Gasteiger partial charge in [-0.3, -0.25) is 4.79 Å². The summed E-state index contributed by atoms with van der Waals surface area (Å²) in [6, 6.07) is 8.49. The molecule has 4 rings (SSSR count). The van der Waals surface area contributed by atoms with Gasteiger partial charge >= 0.3 is 5.97 Å². The predicted molar refractivity (Wildman–Crippen MR) is 120 cm³/mol. The first kappa shape index (κ1) is 21.3. The zero-order chi connectivity index (χ0) is 22.2. The molecule has 1 aliphatic heterocycles. The Kier molecular flexibility index (Phi) is 5.69. The van der Waals surface area contributed by atoms with Gasteiger partial charge in [0.1, 0.15) is 11.4 Å². The lowest BCUT2D eigenvalue weighted by molar-refractivity contribution is -0.138. The monoisotopic (exact) mass is 422 g/mol. The summed E-state index contributed by atoms with van der Waals surface area (Å²) >= 11 is 0. The third kappa shape index (κ3) is 4.40. The number of carboxylic acid groups (broad SMARTS) is 1. The number of ether oxygens (including phenoxy) is 1. The van der Waals surface area contributed by atoms with E-state index >= 15 is 0 Å². The average molecular weight is 423 g/mol. The normalized spacial score (nSPS) is 22.2. The smallest absolute Gasteiger partial charge is 0.303 e. The second-order valence-corrected chi connectivity index (χ2v) is 9.04. The van der Waals surface area contributed by atoms with Gasteiger partial charge in [-0.15, -0.1) is 0 Å². The number of aliphatic carboxylic acids is 1. The first-order valence-corrected chi connectivity index (χ1v) is 11.0. The van der Waals surface area contributed by atoms with Crippen LogP contribution in [-0.4, -0.2) is 32.4 Å². The molecule has 1 fully saturated rings. The van der Waals surface area contributed by atoms with Crippen molar-refractivity contribution in [1.82, 2.24) is 9.97 Å². The van der Waals surface area contributed by atoms with Crippen LogP contribution in [0.4, 0.5) is 11.5 Å². The highest BCUT2D eigenvalue weighted by atomic mass is 16.5. The van der Waals surface area contributed by atoms with Gasteiger partial charge in [-0.1, -0.05) is 31.2 Å². The maximum absolute atomic E-state index is 11.0. The topological polar surface area (TPSA) is 111 Å². The first-order valence-electron chi connectivity index (χ1n) is 11.0. The number of benzene rings is 1. The van der Waals surface area contributed by atoms with Crippen LogP contribution in [0.5, 0.6) is 5.88 Å². The van der Waals surface area contributed by atoms with E-state index in [9.17, 15) is 4.79 Å². The van der Waals surface area contributed by atoms with Crippen LogP contribution >= 0.6 is 0 Å². The molecular weight excluding hydrogens is 392 g/mol. The molecule has 2 aromatic rings. The van der Waals surface area contributed by atoms with Crippen LogP contribution in [0.15, 0.2) is 29.3 Å². The molecule has 0 unspecified atom stereocenters. The molecule has 0 atom stereocenters. The summed E-state index contributed by atoms with van der Waals surface area (Å²) in [7, 11) is 0. The molecule has 1 saturated carbocycles. The Morgan fingerprint density at radius 2 is 1.84 bits per heavy atom. The van der Waals surface area contributed by atoms with Crippen LogP contribution in [0, 0.1) is 5.92 Å². The summed E-state index contributed by atoms with van der Waals surface area (Å²) in [5, 5.41) is 9.01. The van der Waals surface area contributed by atoms with Crippen molar-refractivity contribution in [2.75, 3.05) is 5.73 Å².